The molecule has 2 aromatic carbocycles. The van der Waals surface area contributed by atoms with Gasteiger partial charge in [-0.05, 0) is 35.2 Å². The van der Waals surface area contributed by atoms with Gasteiger partial charge in [-0.15, -0.1) is 0 Å². The summed E-state index contributed by atoms with van der Waals surface area (Å²) in [6.07, 6.45) is 1.51. The van der Waals surface area contributed by atoms with E-state index in [1.807, 2.05) is 24.3 Å². The number of benzene rings is 2. The number of hydrogen-bond acceptors (Lipinski definition) is 3. The molecule has 0 saturated carbocycles. The van der Waals surface area contributed by atoms with Gasteiger partial charge in [-0.25, -0.2) is 5.43 Å². The molecule has 3 aromatic rings. The van der Waals surface area contributed by atoms with Crippen LogP contribution in [-0.4, -0.2) is 23.0 Å². The Morgan fingerprint density at radius 3 is 2.46 bits per heavy atom. The zero-order chi connectivity index (χ0) is 18.7. The zero-order valence-electron chi connectivity index (χ0n) is 14.6. The normalized spacial score (nSPS) is 11.3. The van der Waals surface area contributed by atoms with Gasteiger partial charge < -0.3 is 10.7 Å². The number of H-pyrrole nitrogens is 1. The maximum absolute atomic E-state index is 12.6. The Bertz CT molecular complexity index is 985. The molecule has 0 spiro atoms. The number of fused-ring (bicyclic) bond motifs is 1. The van der Waals surface area contributed by atoms with Crippen molar-refractivity contribution in [1.82, 2.24) is 10.4 Å². The van der Waals surface area contributed by atoms with E-state index in [9.17, 15) is 9.59 Å². The number of para-hydroxylation sites is 1. The first kappa shape index (κ1) is 17.4. The summed E-state index contributed by atoms with van der Waals surface area (Å²) in [4.78, 5) is 26.8. The Hall–Kier alpha value is -3.41. The van der Waals surface area contributed by atoms with E-state index >= 15 is 0 Å². The van der Waals surface area contributed by atoms with Gasteiger partial charge in [0.2, 0.25) is 5.91 Å². The minimum absolute atomic E-state index is 0.192. The maximum atomic E-state index is 12.6. The Balaban J connectivity index is 1.79. The van der Waals surface area contributed by atoms with Crippen molar-refractivity contribution in [3.8, 4) is 0 Å². The average Bonchev–Trinajstić information content (AvgIpc) is 3.02. The van der Waals surface area contributed by atoms with E-state index < -0.39 is 5.91 Å². The Morgan fingerprint density at radius 2 is 1.81 bits per heavy atom. The number of hydrogen-bond donors (Lipinski definition) is 3. The molecule has 0 atom stereocenters. The van der Waals surface area contributed by atoms with Crippen LogP contribution in [0.3, 0.4) is 0 Å². The lowest BCUT2D eigenvalue weighted by molar-refractivity contribution is 0.0948. The first-order valence-electron chi connectivity index (χ1n) is 8.31. The predicted molar refractivity (Wildman–Crippen MR) is 102 cm³/mol. The number of aromatic amines is 1. The fourth-order valence-electron chi connectivity index (χ4n) is 2.90. The van der Waals surface area contributed by atoms with Gasteiger partial charge in [-0.3, -0.25) is 9.59 Å². The van der Waals surface area contributed by atoms with Crippen LogP contribution in [0.1, 0.15) is 51.7 Å². The number of nitrogens with two attached hydrogens (primary N) is 1. The quantitative estimate of drug-likeness (QED) is 0.487. The fourth-order valence-corrected chi connectivity index (χ4v) is 2.90. The molecule has 0 aliphatic carbocycles. The molecule has 6 nitrogen and oxygen atoms in total. The molecule has 0 bridgehead atoms. The first-order chi connectivity index (χ1) is 12.5. The van der Waals surface area contributed by atoms with Crippen LogP contribution in [0.25, 0.3) is 10.9 Å². The van der Waals surface area contributed by atoms with Crippen molar-refractivity contribution in [2.75, 3.05) is 0 Å². The van der Waals surface area contributed by atoms with E-state index in [2.05, 4.69) is 29.4 Å². The topological polar surface area (TPSA) is 100 Å². The number of carbonyl (C=O) groups excluding carboxylic acids is 2. The summed E-state index contributed by atoms with van der Waals surface area (Å²) in [5.74, 6) is -0.589. The molecule has 132 valence electrons. The van der Waals surface area contributed by atoms with E-state index in [1.54, 1.807) is 24.3 Å². The summed E-state index contributed by atoms with van der Waals surface area (Å²) in [5.41, 5.74) is 11.3. The van der Waals surface area contributed by atoms with Crippen molar-refractivity contribution in [2.45, 2.75) is 19.8 Å². The van der Waals surface area contributed by atoms with Gasteiger partial charge in [0.25, 0.3) is 5.91 Å². The van der Waals surface area contributed by atoms with Crippen LogP contribution in [0.4, 0.5) is 0 Å². The third kappa shape index (κ3) is 3.49. The minimum atomic E-state index is -0.484. The highest BCUT2D eigenvalue weighted by Crippen LogP contribution is 2.28. The van der Waals surface area contributed by atoms with Crippen LogP contribution in [0, 0.1) is 0 Å². The molecule has 3 rings (SSSR count). The lowest BCUT2D eigenvalue weighted by Crippen LogP contribution is -2.19. The van der Waals surface area contributed by atoms with Crippen LogP contribution in [-0.2, 0) is 0 Å². The van der Waals surface area contributed by atoms with Crippen LogP contribution in [0.5, 0.6) is 0 Å². The molecule has 6 heteroatoms. The molecular formula is C20H20N4O2. The SMILES string of the molecule is CC(C)c1c(C(=O)N/N=C/c2ccc(C(N)=O)cc2)[nH]c2ccccc12. The van der Waals surface area contributed by atoms with Gasteiger partial charge in [0.05, 0.1) is 6.21 Å². The van der Waals surface area contributed by atoms with Crippen molar-refractivity contribution in [1.29, 1.82) is 0 Å². The number of rotatable bonds is 5. The second-order valence-electron chi connectivity index (χ2n) is 6.30. The number of primary amides is 1. The predicted octanol–water partition coefficient (Wildman–Crippen LogP) is 3.15. The number of carbonyl (C=O) groups is 2. The van der Waals surface area contributed by atoms with Gasteiger partial charge in [-0.1, -0.05) is 44.2 Å². The largest absolute Gasteiger partial charge is 0.366 e. The van der Waals surface area contributed by atoms with Crippen LogP contribution < -0.4 is 11.2 Å². The van der Waals surface area contributed by atoms with E-state index in [0.717, 1.165) is 22.0 Å². The molecule has 0 radical (unpaired) electrons. The summed E-state index contributed by atoms with van der Waals surface area (Å²) >= 11 is 0. The van der Waals surface area contributed by atoms with Crippen LogP contribution in [0.15, 0.2) is 53.6 Å². The smallest absolute Gasteiger partial charge is 0.288 e. The third-order valence-electron chi connectivity index (χ3n) is 4.13. The lowest BCUT2D eigenvalue weighted by atomic mass is 9.99. The van der Waals surface area contributed by atoms with Gasteiger partial charge >= 0.3 is 0 Å². The Labute approximate surface area is 151 Å². The Morgan fingerprint density at radius 1 is 1.12 bits per heavy atom. The number of nitrogens with one attached hydrogen (secondary N) is 2. The summed E-state index contributed by atoms with van der Waals surface area (Å²) in [6, 6.07) is 14.5. The third-order valence-corrected chi connectivity index (χ3v) is 4.13. The summed E-state index contributed by atoms with van der Waals surface area (Å²) in [6.45, 7) is 4.10. The second-order valence-corrected chi connectivity index (χ2v) is 6.30. The summed E-state index contributed by atoms with van der Waals surface area (Å²) in [5, 5.41) is 5.04. The minimum Gasteiger partial charge on any atom is -0.366 e. The summed E-state index contributed by atoms with van der Waals surface area (Å²) in [7, 11) is 0. The Kier molecular flexibility index (Phi) is 4.84. The standard InChI is InChI=1S/C20H20N4O2/c1-12(2)17-15-5-3-4-6-16(15)23-18(17)20(26)24-22-11-13-7-9-14(10-8-13)19(21)25/h3-12,23H,1-2H3,(H2,21,25)(H,24,26)/b22-11+. The molecule has 0 aliphatic heterocycles. The number of aromatic nitrogens is 1. The molecule has 0 saturated heterocycles. The van der Waals surface area contributed by atoms with E-state index in [0.29, 0.717) is 11.3 Å². The highest BCUT2D eigenvalue weighted by molar-refractivity contribution is 6.01. The van der Waals surface area contributed by atoms with Crippen molar-refractivity contribution in [2.24, 2.45) is 10.8 Å². The zero-order valence-corrected chi connectivity index (χ0v) is 14.6. The lowest BCUT2D eigenvalue weighted by Gasteiger charge is -2.07. The van der Waals surface area contributed by atoms with Crippen molar-refractivity contribution >= 4 is 28.9 Å². The number of amides is 2. The first-order valence-corrected chi connectivity index (χ1v) is 8.31. The molecule has 1 aromatic heterocycles. The van der Waals surface area contributed by atoms with Gasteiger partial charge in [0.15, 0.2) is 0 Å². The highest BCUT2D eigenvalue weighted by Gasteiger charge is 2.19. The molecular weight excluding hydrogens is 328 g/mol. The van der Waals surface area contributed by atoms with Crippen molar-refractivity contribution in [3.63, 3.8) is 0 Å². The molecule has 26 heavy (non-hydrogen) atoms. The molecule has 2 amide bonds. The maximum Gasteiger partial charge on any atom is 0.288 e. The fraction of sp³-hybridized carbons (Fsp3) is 0.150. The van der Waals surface area contributed by atoms with Crippen LogP contribution in [0.2, 0.25) is 0 Å². The second kappa shape index (κ2) is 7.23. The summed E-state index contributed by atoms with van der Waals surface area (Å²) < 4.78 is 0. The molecule has 0 aliphatic rings. The average molecular weight is 348 g/mol. The molecule has 1 heterocycles. The van der Waals surface area contributed by atoms with Gasteiger partial charge in [0, 0.05) is 16.5 Å². The molecule has 4 N–H and O–H groups in total. The monoisotopic (exact) mass is 348 g/mol. The molecule has 0 fully saturated rings. The number of nitrogens with zero attached hydrogens (tertiary/aromatic N) is 1. The van der Waals surface area contributed by atoms with Gasteiger partial charge in [-0.2, -0.15) is 5.10 Å². The van der Waals surface area contributed by atoms with Crippen molar-refractivity contribution < 1.29 is 9.59 Å². The van der Waals surface area contributed by atoms with E-state index in [1.165, 1.54) is 6.21 Å². The van der Waals surface area contributed by atoms with E-state index in [-0.39, 0.29) is 11.8 Å². The molecule has 0 unspecified atom stereocenters. The van der Waals surface area contributed by atoms with E-state index in [4.69, 9.17) is 5.73 Å². The van der Waals surface area contributed by atoms with Gasteiger partial charge in [0.1, 0.15) is 5.69 Å². The van der Waals surface area contributed by atoms with Crippen molar-refractivity contribution in [3.05, 3.63) is 70.9 Å². The highest BCUT2D eigenvalue weighted by atomic mass is 16.2. The van der Waals surface area contributed by atoms with Crippen LogP contribution >= 0.6 is 0 Å². The number of hydrazone groups is 1.